The Balaban J connectivity index is 2.90. The molecule has 0 amide bonds. The molecule has 9 heavy (non-hydrogen) atoms. The predicted molar refractivity (Wildman–Crippen MR) is 32.1 cm³/mol. The Morgan fingerprint density at radius 2 is 1.44 bits per heavy atom. The molecule has 0 aromatic rings. The zero-order valence-corrected chi connectivity index (χ0v) is 4.77. The van der Waals surface area contributed by atoms with E-state index in [0.717, 1.165) is 12.2 Å². The fraction of sp³-hybridized carbons (Fsp3) is 0.143. The summed E-state index contributed by atoms with van der Waals surface area (Å²) in [6, 6.07) is 0. The summed E-state index contributed by atoms with van der Waals surface area (Å²) in [4.78, 5) is 0. The summed E-state index contributed by atoms with van der Waals surface area (Å²) in [5.74, 6) is -1.58. The third-order valence-electron chi connectivity index (χ3n) is 1.03. The molecule has 0 atom stereocenters. The Labute approximate surface area is 52.2 Å². The van der Waals surface area contributed by atoms with E-state index in [1.54, 1.807) is 12.2 Å². The molecule has 1 aliphatic rings. The molecular weight excluding hydrogens is 122 g/mol. The van der Waals surface area contributed by atoms with Crippen molar-refractivity contribution in [1.29, 1.82) is 0 Å². The van der Waals surface area contributed by atoms with Gasteiger partial charge in [-0.15, -0.1) is 0 Å². The molecule has 0 saturated carbocycles. The van der Waals surface area contributed by atoms with Crippen molar-refractivity contribution >= 4 is 0 Å². The molecule has 0 unspecified atom stereocenters. The van der Waals surface area contributed by atoms with Crippen molar-refractivity contribution in [3.8, 4) is 0 Å². The van der Waals surface area contributed by atoms with Crippen LogP contribution in [-0.4, -0.2) is 0 Å². The lowest BCUT2D eigenvalue weighted by atomic mass is 10.4. The van der Waals surface area contributed by atoms with E-state index in [2.05, 4.69) is 0 Å². The molecule has 0 aromatic heterocycles. The van der Waals surface area contributed by atoms with Crippen LogP contribution in [0.25, 0.3) is 0 Å². The summed E-state index contributed by atoms with van der Waals surface area (Å²) in [5.41, 5.74) is 0. The number of halogens is 2. The van der Waals surface area contributed by atoms with Crippen molar-refractivity contribution in [2.24, 2.45) is 0 Å². The molecule has 2 heteroatoms. The van der Waals surface area contributed by atoms with E-state index in [4.69, 9.17) is 0 Å². The number of hydrogen-bond acceptors (Lipinski definition) is 0. The molecule has 1 rings (SSSR count). The molecule has 0 aromatic carbocycles. The van der Waals surface area contributed by atoms with Gasteiger partial charge < -0.3 is 0 Å². The first kappa shape index (κ1) is 6.20. The molecule has 48 valence electrons. The fourth-order valence-corrected chi connectivity index (χ4v) is 0.581. The second kappa shape index (κ2) is 2.58. The summed E-state index contributed by atoms with van der Waals surface area (Å²) in [6.45, 7) is 0. The lowest BCUT2D eigenvalue weighted by Gasteiger charge is -1.83. The number of rotatable bonds is 0. The second-order valence-corrected chi connectivity index (χ2v) is 1.74. The maximum Gasteiger partial charge on any atom is 0.158 e. The highest BCUT2D eigenvalue weighted by Crippen LogP contribution is 2.14. The van der Waals surface area contributed by atoms with E-state index in [9.17, 15) is 8.78 Å². The second-order valence-electron chi connectivity index (χ2n) is 1.74. The minimum atomic E-state index is -0.788. The van der Waals surface area contributed by atoms with Crippen LogP contribution in [0.1, 0.15) is 6.42 Å². The summed E-state index contributed by atoms with van der Waals surface area (Å²) >= 11 is 0. The van der Waals surface area contributed by atoms with Crippen LogP contribution in [0.4, 0.5) is 8.78 Å². The van der Waals surface area contributed by atoms with Gasteiger partial charge in [0, 0.05) is 0 Å². The predicted octanol–water partition coefficient (Wildman–Crippen LogP) is 2.65. The molecule has 0 N–H and O–H groups in total. The van der Waals surface area contributed by atoms with Crippen molar-refractivity contribution in [2.45, 2.75) is 6.42 Å². The Bertz CT molecular complexity index is 167. The highest BCUT2D eigenvalue weighted by atomic mass is 19.2. The first-order valence-electron chi connectivity index (χ1n) is 2.69. The Morgan fingerprint density at radius 1 is 1.00 bits per heavy atom. The molecule has 0 fully saturated rings. The Kier molecular flexibility index (Phi) is 1.78. The molecule has 0 spiro atoms. The molecular formula is C7H6F2. The van der Waals surface area contributed by atoms with Gasteiger partial charge in [-0.25, -0.2) is 8.78 Å². The SMILES string of the molecule is FC1=C(F)C=CCC=C1. The van der Waals surface area contributed by atoms with Crippen LogP contribution in [0.2, 0.25) is 0 Å². The molecule has 0 aliphatic heterocycles. The number of allylic oxidation sites excluding steroid dienone is 6. The third-order valence-corrected chi connectivity index (χ3v) is 1.03. The topological polar surface area (TPSA) is 0 Å². The first-order valence-corrected chi connectivity index (χ1v) is 2.69. The standard InChI is InChI=1S/C7H6F2/c8-6-4-2-1-3-5-7(6)9/h2-5H,1H2. The third kappa shape index (κ3) is 1.49. The van der Waals surface area contributed by atoms with Crippen LogP contribution in [0.3, 0.4) is 0 Å². The fourth-order valence-electron chi connectivity index (χ4n) is 0.581. The number of hydrogen-bond donors (Lipinski definition) is 0. The van der Waals surface area contributed by atoms with Gasteiger partial charge in [0.2, 0.25) is 0 Å². The molecule has 0 radical (unpaired) electrons. The van der Waals surface area contributed by atoms with E-state index in [1.807, 2.05) is 0 Å². The van der Waals surface area contributed by atoms with Crippen LogP contribution in [0.5, 0.6) is 0 Å². The van der Waals surface area contributed by atoms with Crippen LogP contribution >= 0.6 is 0 Å². The van der Waals surface area contributed by atoms with Crippen molar-refractivity contribution in [3.63, 3.8) is 0 Å². The van der Waals surface area contributed by atoms with Crippen LogP contribution in [0, 0.1) is 0 Å². The lowest BCUT2D eigenvalue weighted by molar-refractivity contribution is 0.574. The largest absolute Gasteiger partial charge is 0.204 e. The van der Waals surface area contributed by atoms with Crippen LogP contribution < -0.4 is 0 Å². The van der Waals surface area contributed by atoms with E-state index < -0.39 is 11.7 Å². The highest BCUT2D eigenvalue weighted by molar-refractivity contribution is 5.26. The minimum Gasteiger partial charge on any atom is -0.204 e. The van der Waals surface area contributed by atoms with E-state index in [-0.39, 0.29) is 0 Å². The van der Waals surface area contributed by atoms with Crippen LogP contribution in [-0.2, 0) is 0 Å². The maximum absolute atomic E-state index is 12.2. The monoisotopic (exact) mass is 128 g/mol. The molecule has 0 bridgehead atoms. The van der Waals surface area contributed by atoms with Gasteiger partial charge >= 0.3 is 0 Å². The van der Waals surface area contributed by atoms with E-state index in [1.165, 1.54) is 0 Å². The summed E-state index contributed by atoms with van der Waals surface area (Å²) in [6.07, 6.45) is 6.00. The molecule has 1 aliphatic carbocycles. The molecule has 0 saturated heterocycles. The Morgan fingerprint density at radius 3 is 1.89 bits per heavy atom. The van der Waals surface area contributed by atoms with E-state index >= 15 is 0 Å². The van der Waals surface area contributed by atoms with Crippen LogP contribution in [0.15, 0.2) is 36.0 Å². The van der Waals surface area contributed by atoms with Gasteiger partial charge in [0.15, 0.2) is 11.7 Å². The normalized spacial score (nSPS) is 18.4. The quantitative estimate of drug-likeness (QED) is 0.470. The zero-order chi connectivity index (χ0) is 6.69. The van der Waals surface area contributed by atoms with E-state index in [0.29, 0.717) is 6.42 Å². The van der Waals surface area contributed by atoms with Gasteiger partial charge in [0.25, 0.3) is 0 Å². The van der Waals surface area contributed by atoms with Gasteiger partial charge in [-0.3, -0.25) is 0 Å². The average molecular weight is 128 g/mol. The van der Waals surface area contributed by atoms with Crippen molar-refractivity contribution in [2.75, 3.05) is 0 Å². The lowest BCUT2D eigenvalue weighted by Crippen LogP contribution is -1.67. The van der Waals surface area contributed by atoms with Crippen molar-refractivity contribution in [3.05, 3.63) is 36.0 Å². The van der Waals surface area contributed by atoms with Crippen molar-refractivity contribution in [1.82, 2.24) is 0 Å². The minimum absolute atomic E-state index is 0.598. The van der Waals surface area contributed by atoms with Gasteiger partial charge in [-0.05, 0) is 18.6 Å². The smallest absolute Gasteiger partial charge is 0.158 e. The highest BCUT2D eigenvalue weighted by Gasteiger charge is 1.98. The van der Waals surface area contributed by atoms with Crippen molar-refractivity contribution < 1.29 is 8.78 Å². The van der Waals surface area contributed by atoms with Gasteiger partial charge in [-0.1, -0.05) is 12.2 Å². The van der Waals surface area contributed by atoms with Gasteiger partial charge in [-0.2, -0.15) is 0 Å². The first-order chi connectivity index (χ1) is 4.30. The maximum atomic E-state index is 12.2. The zero-order valence-electron chi connectivity index (χ0n) is 4.77. The molecule has 0 heterocycles. The summed E-state index contributed by atoms with van der Waals surface area (Å²) in [5, 5.41) is 0. The van der Waals surface area contributed by atoms with Gasteiger partial charge in [0.1, 0.15) is 0 Å². The summed E-state index contributed by atoms with van der Waals surface area (Å²) in [7, 11) is 0. The summed E-state index contributed by atoms with van der Waals surface area (Å²) < 4.78 is 24.4. The van der Waals surface area contributed by atoms with Gasteiger partial charge in [0.05, 0.1) is 0 Å². The average Bonchev–Trinajstić information content (AvgIpc) is 1.99. The Hall–Kier alpha value is -0.920. The molecule has 0 nitrogen and oxygen atoms in total.